The van der Waals surface area contributed by atoms with Gasteiger partial charge < -0.3 is 14.2 Å². The van der Waals surface area contributed by atoms with Crippen molar-refractivity contribution in [3.05, 3.63) is 29.8 Å². The van der Waals surface area contributed by atoms with Gasteiger partial charge in [-0.1, -0.05) is 38.3 Å². The molecule has 0 atom stereocenters. The molecule has 0 spiro atoms. The summed E-state index contributed by atoms with van der Waals surface area (Å²) in [6.45, 7) is 3.15. The lowest BCUT2D eigenvalue weighted by Gasteiger charge is -2.08. The van der Waals surface area contributed by atoms with E-state index in [9.17, 15) is 14.4 Å². The second-order valence-electron chi connectivity index (χ2n) is 5.30. The molecule has 132 valence electrons. The zero-order valence-electron chi connectivity index (χ0n) is 14.2. The molecule has 24 heavy (non-hydrogen) atoms. The molecule has 0 unspecified atom stereocenters. The van der Waals surface area contributed by atoms with E-state index in [4.69, 9.17) is 14.2 Å². The third-order valence-electron chi connectivity index (χ3n) is 3.19. The summed E-state index contributed by atoms with van der Waals surface area (Å²) in [5, 5.41) is 0. The number of para-hydroxylation sites is 1. The first kappa shape index (κ1) is 19.8. The lowest BCUT2D eigenvalue weighted by atomic mass is 10.1. The molecule has 0 fully saturated rings. The molecule has 0 aliphatic carbocycles. The van der Waals surface area contributed by atoms with Gasteiger partial charge in [0, 0.05) is 0 Å². The van der Waals surface area contributed by atoms with Crippen molar-refractivity contribution in [1.29, 1.82) is 0 Å². The number of unbranched alkanes of at least 4 members (excludes halogenated alkanes) is 3. The summed E-state index contributed by atoms with van der Waals surface area (Å²) in [6.07, 6.45) is 4.07. The minimum absolute atomic E-state index is 0.178. The normalized spacial score (nSPS) is 10.2. The van der Waals surface area contributed by atoms with Gasteiger partial charge in [-0.05, 0) is 25.5 Å². The SMILES string of the molecule is CCCCCCOC(=O)COCC(=O)Oc1ccccc1C(C)=O. The topological polar surface area (TPSA) is 78.9 Å². The number of hydrogen-bond donors (Lipinski definition) is 0. The molecule has 0 bridgehead atoms. The number of carbonyl (C=O) groups excluding carboxylic acids is 3. The van der Waals surface area contributed by atoms with Gasteiger partial charge in [-0.15, -0.1) is 0 Å². The number of hydrogen-bond acceptors (Lipinski definition) is 6. The van der Waals surface area contributed by atoms with Crippen molar-refractivity contribution in [2.24, 2.45) is 0 Å². The molecule has 0 aliphatic rings. The van der Waals surface area contributed by atoms with E-state index in [1.165, 1.54) is 13.0 Å². The molecule has 0 heterocycles. The monoisotopic (exact) mass is 336 g/mol. The van der Waals surface area contributed by atoms with Crippen LogP contribution in [0.25, 0.3) is 0 Å². The number of ketones is 1. The van der Waals surface area contributed by atoms with Crippen LogP contribution < -0.4 is 4.74 Å². The summed E-state index contributed by atoms with van der Waals surface area (Å²) in [5.74, 6) is -1.22. The highest BCUT2D eigenvalue weighted by molar-refractivity contribution is 5.97. The zero-order valence-corrected chi connectivity index (χ0v) is 14.2. The first-order valence-electron chi connectivity index (χ1n) is 8.08. The molecule has 6 heteroatoms. The summed E-state index contributed by atoms with van der Waals surface area (Å²) < 4.78 is 15.0. The van der Waals surface area contributed by atoms with Crippen LogP contribution in [-0.4, -0.2) is 37.5 Å². The third kappa shape index (κ3) is 7.87. The second-order valence-corrected chi connectivity index (χ2v) is 5.30. The molecule has 0 radical (unpaired) electrons. The van der Waals surface area contributed by atoms with Crippen LogP contribution in [0.15, 0.2) is 24.3 Å². The smallest absolute Gasteiger partial charge is 0.337 e. The number of esters is 2. The van der Waals surface area contributed by atoms with Gasteiger partial charge in [0.1, 0.15) is 19.0 Å². The predicted octanol–water partition coefficient (Wildman–Crippen LogP) is 2.93. The Kier molecular flexibility index (Phi) is 9.38. The lowest BCUT2D eigenvalue weighted by molar-refractivity contribution is -0.152. The Bertz CT molecular complexity index is 552. The van der Waals surface area contributed by atoms with Crippen molar-refractivity contribution >= 4 is 17.7 Å². The maximum atomic E-state index is 11.7. The lowest BCUT2D eigenvalue weighted by Crippen LogP contribution is -2.21. The minimum Gasteiger partial charge on any atom is -0.464 e. The Morgan fingerprint density at radius 1 is 0.958 bits per heavy atom. The average Bonchev–Trinajstić information content (AvgIpc) is 2.55. The zero-order chi connectivity index (χ0) is 17.8. The molecule has 0 aromatic heterocycles. The van der Waals surface area contributed by atoms with Gasteiger partial charge in [0.2, 0.25) is 0 Å². The van der Waals surface area contributed by atoms with Crippen LogP contribution in [0.1, 0.15) is 49.9 Å². The molecule has 1 rings (SSSR count). The summed E-state index contributed by atoms with van der Waals surface area (Å²) >= 11 is 0. The maximum absolute atomic E-state index is 11.7. The molecule has 0 saturated carbocycles. The number of rotatable bonds is 11. The van der Waals surface area contributed by atoms with Crippen LogP contribution in [0, 0.1) is 0 Å². The van der Waals surface area contributed by atoms with Crippen molar-refractivity contribution in [3.8, 4) is 5.75 Å². The first-order chi connectivity index (χ1) is 11.5. The predicted molar refractivity (Wildman–Crippen MR) is 88.0 cm³/mol. The van der Waals surface area contributed by atoms with Crippen LogP contribution in [0.3, 0.4) is 0 Å². The van der Waals surface area contributed by atoms with E-state index in [0.29, 0.717) is 12.2 Å². The molecule has 0 saturated heterocycles. The highest BCUT2D eigenvalue weighted by atomic mass is 16.6. The van der Waals surface area contributed by atoms with Crippen LogP contribution >= 0.6 is 0 Å². The van der Waals surface area contributed by atoms with E-state index in [1.807, 2.05) is 0 Å². The van der Waals surface area contributed by atoms with Gasteiger partial charge in [-0.25, -0.2) is 9.59 Å². The average molecular weight is 336 g/mol. The first-order valence-corrected chi connectivity index (χ1v) is 8.08. The van der Waals surface area contributed by atoms with Crippen LogP contribution in [0.2, 0.25) is 0 Å². The van der Waals surface area contributed by atoms with Crippen molar-refractivity contribution < 1.29 is 28.6 Å². The van der Waals surface area contributed by atoms with Gasteiger partial charge in [0.15, 0.2) is 5.78 Å². The van der Waals surface area contributed by atoms with Crippen molar-refractivity contribution in [2.75, 3.05) is 19.8 Å². The Labute approximate surface area is 142 Å². The molecule has 0 aliphatic heterocycles. The van der Waals surface area contributed by atoms with Crippen molar-refractivity contribution in [3.63, 3.8) is 0 Å². The Balaban J connectivity index is 2.25. The van der Waals surface area contributed by atoms with Gasteiger partial charge in [0.05, 0.1) is 12.2 Å². The number of benzene rings is 1. The van der Waals surface area contributed by atoms with E-state index < -0.39 is 18.5 Å². The molecule has 1 aromatic carbocycles. The highest BCUT2D eigenvalue weighted by Crippen LogP contribution is 2.18. The van der Waals surface area contributed by atoms with Gasteiger partial charge in [0.25, 0.3) is 0 Å². The number of carbonyl (C=O) groups is 3. The van der Waals surface area contributed by atoms with Crippen molar-refractivity contribution in [1.82, 2.24) is 0 Å². The maximum Gasteiger partial charge on any atom is 0.337 e. The van der Waals surface area contributed by atoms with E-state index in [0.717, 1.165) is 25.7 Å². The Morgan fingerprint density at radius 3 is 2.38 bits per heavy atom. The van der Waals surface area contributed by atoms with Crippen LogP contribution in [0.4, 0.5) is 0 Å². The van der Waals surface area contributed by atoms with E-state index in [-0.39, 0.29) is 18.1 Å². The molecule has 1 aromatic rings. The highest BCUT2D eigenvalue weighted by Gasteiger charge is 2.13. The molecular weight excluding hydrogens is 312 g/mol. The van der Waals surface area contributed by atoms with Crippen LogP contribution in [0.5, 0.6) is 5.75 Å². The third-order valence-corrected chi connectivity index (χ3v) is 3.19. The molecular formula is C18H24O6. The van der Waals surface area contributed by atoms with Gasteiger partial charge in [-0.3, -0.25) is 4.79 Å². The molecule has 6 nitrogen and oxygen atoms in total. The quantitative estimate of drug-likeness (QED) is 0.267. The summed E-state index contributed by atoms with van der Waals surface area (Å²) in [6, 6.07) is 6.44. The minimum atomic E-state index is -0.681. The van der Waals surface area contributed by atoms with E-state index in [2.05, 4.69) is 6.92 Å². The Morgan fingerprint density at radius 2 is 1.67 bits per heavy atom. The number of ether oxygens (including phenoxy) is 3. The fourth-order valence-electron chi connectivity index (χ4n) is 1.97. The summed E-state index contributed by atoms with van der Waals surface area (Å²) in [7, 11) is 0. The summed E-state index contributed by atoms with van der Waals surface area (Å²) in [4.78, 5) is 34.5. The van der Waals surface area contributed by atoms with Crippen molar-refractivity contribution in [2.45, 2.75) is 39.5 Å². The molecule has 0 amide bonds. The Hall–Kier alpha value is -2.21. The standard InChI is InChI=1S/C18H24O6/c1-3-4-5-8-11-23-17(20)12-22-13-18(21)24-16-10-7-6-9-15(16)14(2)19/h6-7,9-10H,3-5,8,11-13H2,1-2H3. The summed E-state index contributed by atoms with van der Waals surface area (Å²) in [5.41, 5.74) is 0.317. The van der Waals surface area contributed by atoms with E-state index >= 15 is 0 Å². The molecule has 0 N–H and O–H groups in total. The van der Waals surface area contributed by atoms with Gasteiger partial charge in [-0.2, -0.15) is 0 Å². The van der Waals surface area contributed by atoms with E-state index in [1.54, 1.807) is 18.2 Å². The van der Waals surface area contributed by atoms with Gasteiger partial charge >= 0.3 is 11.9 Å². The van der Waals surface area contributed by atoms with Crippen LogP contribution in [-0.2, 0) is 19.1 Å². The number of Topliss-reactive ketones (excluding diaryl/α,β-unsaturated/α-hetero) is 1. The largest absolute Gasteiger partial charge is 0.464 e. The fraction of sp³-hybridized carbons (Fsp3) is 0.500. The second kappa shape index (κ2) is 11.3. The fourth-order valence-corrected chi connectivity index (χ4v) is 1.97.